The van der Waals surface area contributed by atoms with Gasteiger partial charge >= 0.3 is 8.56 Å². The van der Waals surface area contributed by atoms with Crippen molar-refractivity contribution in [2.24, 2.45) is 0 Å². The summed E-state index contributed by atoms with van der Waals surface area (Å²) >= 11 is 0. The minimum atomic E-state index is -1.96. The average Bonchev–Trinajstić information content (AvgIpc) is 2.87. The summed E-state index contributed by atoms with van der Waals surface area (Å²) in [5.74, 6) is 0. The maximum Gasteiger partial charge on any atom is 0.344 e. The number of hydrogen-bond acceptors (Lipinski definition) is 2. The standard InChI is InChI=1S/C15H30O2Si/c1-16-18(17-2,15-12-8-9-13-15)14-10-6-4-3-5-7-11-14/h14-15H,3-13H2,1-2H3. The van der Waals surface area contributed by atoms with Crippen LogP contribution >= 0.6 is 0 Å². The maximum absolute atomic E-state index is 6.12. The molecule has 18 heavy (non-hydrogen) atoms. The minimum Gasteiger partial charge on any atom is -0.397 e. The van der Waals surface area contributed by atoms with Crippen LogP contribution < -0.4 is 0 Å². The summed E-state index contributed by atoms with van der Waals surface area (Å²) in [7, 11) is 1.88. The van der Waals surface area contributed by atoms with E-state index in [9.17, 15) is 0 Å². The summed E-state index contributed by atoms with van der Waals surface area (Å²) in [5.41, 5.74) is 1.51. The normalized spacial score (nSPS) is 25.0. The van der Waals surface area contributed by atoms with E-state index in [1.54, 1.807) is 0 Å². The second-order valence-corrected chi connectivity index (χ2v) is 10.0. The van der Waals surface area contributed by atoms with Crippen LogP contribution in [0.4, 0.5) is 0 Å². The molecule has 0 radical (unpaired) electrons. The fourth-order valence-electron chi connectivity index (χ4n) is 4.27. The molecule has 2 aliphatic carbocycles. The lowest BCUT2D eigenvalue weighted by molar-refractivity contribution is 0.206. The summed E-state index contributed by atoms with van der Waals surface area (Å²) in [6.45, 7) is 0. The largest absolute Gasteiger partial charge is 0.397 e. The van der Waals surface area contributed by atoms with E-state index < -0.39 is 8.56 Å². The van der Waals surface area contributed by atoms with Gasteiger partial charge in [-0.05, 0) is 25.7 Å². The third-order valence-electron chi connectivity index (χ3n) is 5.24. The van der Waals surface area contributed by atoms with Gasteiger partial charge in [0, 0.05) is 25.3 Å². The predicted molar refractivity (Wildman–Crippen MR) is 78.1 cm³/mol. The van der Waals surface area contributed by atoms with Crippen LogP contribution in [0.15, 0.2) is 0 Å². The average molecular weight is 270 g/mol. The summed E-state index contributed by atoms with van der Waals surface area (Å²) in [5, 5.41) is 0. The molecule has 0 bridgehead atoms. The van der Waals surface area contributed by atoms with E-state index >= 15 is 0 Å². The molecule has 106 valence electrons. The second-order valence-electron chi connectivity index (χ2n) is 6.15. The molecule has 2 fully saturated rings. The van der Waals surface area contributed by atoms with Crippen LogP contribution in [0.3, 0.4) is 0 Å². The monoisotopic (exact) mass is 270 g/mol. The Hall–Kier alpha value is 0.137. The third-order valence-corrected chi connectivity index (χ3v) is 9.94. The van der Waals surface area contributed by atoms with E-state index in [-0.39, 0.29) is 0 Å². The zero-order valence-corrected chi connectivity index (χ0v) is 13.2. The van der Waals surface area contributed by atoms with Gasteiger partial charge in [-0.1, -0.05) is 44.9 Å². The highest BCUT2D eigenvalue weighted by Gasteiger charge is 2.51. The van der Waals surface area contributed by atoms with Gasteiger partial charge in [-0.25, -0.2) is 0 Å². The van der Waals surface area contributed by atoms with Crippen LogP contribution in [0.25, 0.3) is 0 Å². The van der Waals surface area contributed by atoms with E-state index in [2.05, 4.69) is 0 Å². The molecule has 0 N–H and O–H groups in total. The first-order valence-electron chi connectivity index (χ1n) is 7.94. The van der Waals surface area contributed by atoms with Gasteiger partial charge in [0.05, 0.1) is 0 Å². The molecule has 0 atom stereocenters. The van der Waals surface area contributed by atoms with Crippen molar-refractivity contribution in [2.45, 2.75) is 81.7 Å². The highest BCUT2D eigenvalue weighted by Crippen LogP contribution is 2.48. The third kappa shape index (κ3) is 2.99. The molecule has 2 aliphatic rings. The molecule has 0 aliphatic heterocycles. The highest BCUT2D eigenvalue weighted by molar-refractivity contribution is 6.70. The lowest BCUT2D eigenvalue weighted by Crippen LogP contribution is -2.49. The Morgan fingerprint density at radius 3 is 1.33 bits per heavy atom. The lowest BCUT2D eigenvalue weighted by Gasteiger charge is -2.40. The van der Waals surface area contributed by atoms with Gasteiger partial charge in [-0.2, -0.15) is 0 Å². The molecular formula is C15H30O2Si. The summed E-state index contributed by atoms with van der Waals surface area (Å²) in [6.07, 6.45) is 15.2. The van der Waals surface area contributed by atoms with Gasteiger partial charge in [0.2, 0.25) is 0 Å². The van der Waals surface area contributed by atoms with E-state index in [0.29, 0.717) is 0 Å². The van der Waals surface area contributed by atoms with Gasteiger partial charge in [0.25, 0.3) is 0 Å². The Morgan fingerprint density at radius 1 is 0.611 bits per heavy atom. The molecule has 0 amide bonds. The molecule has 0 aromatic rings. The molecule has 2 saturated carbocycles. The molecule has 0 unspecified atom stereocenters. The van der Waals surface area contributed by atoms with E-state index in [1.807, 2.05) is 14.2 Å². The zero-order chi connectivity index (χ0) is 12.8. The highest BCUT2D eigenvalue weighted by atomic mass is 28.4. The van der Waals surface area contributed by atoms with Crippen molar-refractivity contribution in [1.82, 2.24) is 0 Å². The van der Waals surface area contributed by atoms with Crippen molar-refractivity contribution in [3.05, 3.63) is 0 Å². The Labute approximate surface area is 114 Å². The van der Waals surface area contributed by atoms with Crippen LogP contribution in [0.5, 0.6) is 0 Å². The van der Waals surface area contributed by atoms with Gasteiger partial charge in [0.15, 0.2) is 0 Å². The first kappa shape index (κ1) is 14.5. The van der Waals surface area contributed by atoms with Gasteiger partial charge in [-0.3, -0.25) is 0 Å². The smallest absolute Gasteiger partial charge is 0.344 e. The molecule has 0 saturated heterocycles. The van der Waals surface area contributed by atoms with Gasteiger partial charge < -0.3 is 8.85 Å². The topological polar surface area (TPSA) is 18.5 Å². The Balaban J connectivity index is 2.10. The number of rotatable bonds is 4. The Bertz CT molecular complexity index is 227. The fourth-order valence-corrected chi connectivity index (χ4v) is 8.86. The van der Waals surface area contributed by atoms with Crippen LogP contribution in [0.1, 0.15) is 70.6 Å². The Morgan fingerprint density at radius 2 is 0.944 bits per heavy atom. The minimum absolute atomic E-state index is 0.746. The fraction of sp³-hybridized carbons (Fsp3) is 1.00. The quantitative estimate of drug-likeness (QED) is 0.684. The molecule has 0 aromatic carbocycles. The molecule has 3 heteroatoms. The predicted octanol–water partition coefficient (Wildman–Crippen LogP) is 4.78. The first-order valence-corrected chi connectivity index (χ1v) is 9.91. The van der Waals surface area contributed by atoms with Gasteiger partial charge in [-0.15, -0.1) is 0 Å². The van der Waals surface area contributed by atoms with Crippen LogP contribution in [-0.2, 0) is 8.85 Å². The van der Waals surface area contributed by atoms with Crippen LogP contribution in [-0.4, -0.2) is 22.8 Å². The van der Waals surface area contributed by atoms with Gasteiger partial charge in [0.1, 0.15) is 0 Å². The molecule has 0 spiro atoms. The van der Waals surface area contributed by atoms with E-state index in [1.165, 1.54) is 70.6 Å². The van der Waals surface area contributed by atoms with Crippen molar-refractivity contribution in [3.8, 4) is 0 Å². The molecule has 2 nitrogen and oxygen atoms in total. The molecule has 0 aromatic heterocycles. The lowest BCUT2D eigenvalue weighted by atomic mass is 10.0. The molecule has 2 rings (SSSR count). The SMILES string of the molecule is CO[Si](OC)(C1CCCCCCC1)C1CCCC1. The van der Waals surface area contributed by atoms with Crippen LogP contribution in [0, 0.1) is 0 Å². The van der Waals surface area contributed by atoms with Crippen molar-refractivity contribution >= 4 is 8.56 Å². The summed E-state index contributed by atoms with van der Waals surface area (Å²) in [4.78, 5) is 0. The molecule has 0 heterocycles. The van der Waals surface area contributed by atoms with Crippen molar-refractivity contribution in [1.29, 1.82) is 0 Å². The zero-order valence-electron chi connectivity index (χ0n) is 12.2. The van der Waals surface area contributed by atoms with Crippen molar-refractivity contribution in [3.63, 3.8) is 0 Å². The maximum atomic E-state index is 6.12. The second kappa shape index (κ2) is 7.06. The van der Waals surface area contributed by atoms with Crippen molar-refractivity contribution < 1.29 is 8.85 Å². The summed E-state index contributed by atoms with van der Waals surface area (Å²) < 4.78 is 12.2. The summed E-state index contributed by atoms with van der Waals surface area (Å²) in [6, 6.07) is 0. The molecular weight excluding hydrogens is 240 g/mol. The van der Waals surface area contributed by atoms with Crippen molar-refractivity contribution in [2.75, 3.05) is 14.2 Å². The van der Waals surface area contributed by atoms with E-state index in [0.717, 1.165) is 11.1 Å². The van der Waals surface area contributed by atoms with Crippen LogP contribution in [0.2, 0.25) is 11.1 Å². The van der Waals surface area contributed by atoms with E-state index in [4.69, 9.17) is 8.85 Å². The Kier molecular flexibility index (Phi) is 5.71. The first-order chi connectivity index (χ1) is 8.83. The number of hydrogen-bond donors (Lipinski definition) is 0.